The van der Waals surface area contributed by atoms with Gasteiger partial charge in [0.05, 0.1) is 25.0 Å². The maximum atomic E-state index is 12.2. The Morgan fingerprint density at radius 1 is 1.18 bits per heavy atom. The highest BCUT2D eigenvalue weighted by atomic mass is 35.5. The third-order valence-electron chi connectivity index (χ3n) is 6.88. The molecule has 2 aromatic rings. The topological polar surface area (TPSA) is 73.8 Å². The van der Waals surface area contributed by atoms with Crippen LogP contribution in [-0.4, -0.2) is 66.4 Å². The van der Waals surface area contributed by atoms with Gasteiger partial charge in [-0.1, -0.05) is 6.92 Å². The standard InChI is InChI=1S/C24H34ClN3O4S/c1-4-28(12-13-30-3)16-7-9-17(10-8-16)32-22-21-20-15(14-19(29)31-5-2)6-11-18(20)33-23(21)27-24(25)26-22/h15-17H,4-14H2,1-3H3. The number of likely N-dealkylation sites (N-methyl/N-ethyl adjacent to an activating group) is 1. The van der Waals surface area contributed by atoms with Crippen molar-refractivity contribution in [3.8, 4) is 5.88 Å². The van der Waals surface area contributed by atoms with E-state index in [2.05, 4.69) is 21.8 Å². The summed E-state index contributed by atoms with van der Waals surface area (Å²) in [4.78, 5) is 25.8. The predicted molar refractivity (Wildman–Crippen MR) is 131 cm³/mol. The second-order valence-corrected chi connectivity index (χ2v) is 10.3. The molecule has 0 amide bonds. The Labute approximate surface area is 204 Å². The van der Waals surface area contributed by atoms with Crippen molar-refractivity contribution < 1.29 is 19.0 Å². The van der Waals surface area contributed by atoms with Crippen molar-refractivity contribution in [2.24, 2.45) is 0 Å². The minimum absolute atomic E-state index is 0.108. The number of carbonyl (C=O) groups excluding carboxylic acids is 1. The van der Waals surface area contributed by atoms with E-state index in [-0.39, 0.29) is 23.3 Å². The van der Waals surface area contributed by atoms with Gasteiger partial charge in [-0.05, 0) is 75.1 Å². The molecule has 9 heteroatoms. The van der Waals surface area contributed by atoms with Crippen molar-refractivity contribution >= 4 is 39.1 Å². The number of hydrogen-bond acceptors (Lipinski definition) is 8. The fourth-order valence-electron chi connectivity index (χ4n) is 5.28. The SMILES string of the molecule is CCOC(=O)CC1CCc2sc3nc(Cl)nc(OC4CCC(N(CC)CCOC)CC4)c3c21. The molecule has 1 fully saturated rings. The summed E-state index contributed by atoms with van der Waals surface area (Å²) >= 11 is 7.92. The smallest absolute Gasteiger partial charge is 0.306 e. The lowest BCUT2D eigenvalue weighted by atomic mass is 9.91. The van der Waals surface area contributed by atoms with Crippen molar-refractivity contribution in [1.82, 2.24) is 14.9 Å². The minimum Gasteiger partial charge on any atom is -0.474 e. The monoisotopic (exact) mass is 495 g/mol. The van der Waals surface area contributed by atoms with E-state index >= 15 is 0 Å². The number of rotatable bonds is 10. The number of ether oxygens (including phenoxy) is 3. The van der Waals surface area contributed by atoms with Crippen molar-refractivity contribution in [1.29, 1.82) is 0 Å². The molecule has 182 valence electrons. The average Bonchev–Trinajstić information content (AvgIpc) is 3.34. The number of fused-ring (bicyclic) bond motifs is 3. The molecule has 2 aliphatic rings. The molecule has 1 saturated carbocycles. The van der Waals surface area contributed by atoms with E-state index < -0.39 is 0 Å². The summed E-state index contributed by atoms with van der Waals surface area (Å²) in [6.45, 7) is 7.21. The van der Waals surface area contributed by atoms with E-state index in [1.54, 1.807) is 18.4 Å². The Hall–Kier alpha value is -1.48. The largest absolute Gasteiger partial charge is 0.474 e. The highest BCUT2D eigenvalue weighted by Gasteiger charge is 2.33. The Morgan fingerprint density at radius 3 is 2.67 bits per heavy atom. The molecule has 2 aliphatic carbocycles. The Balaban J connectivity index is 1.50. The molecular formula is C24H34ClN3O4S. The summed E-state index contributed by atoms with van der Waals surface area (Å²) in [6.07, 6.45) is 6.53. The van der Waals surface area contributed by atoms with Crippen molar-refractivity contribution in [3.63, 3.8) is 0 Å². The van der Waals surface area contributed by atoms with Crippen LogP contribution in [-0.2, 0) is 20.7 Å². The van der Waals surface area contributed by atoms with E-state index in [1.807, 2.05) is 6.92 Å². The predicted octanol–water partition coefficient (Wildman–Crippen LogP) is 4.99. The summed E-state index contributed by atoms with van der Waals surface area (Å²) in [5.74, 6) is 0.544. The molecule has 0 spiro atoms. The van der Waals surface area contributed by atoms with Gasteiger partial charge in [-0.3, -0.25) is 9.69 Å². The number of methoxy groups -OCH3 is 1. The quantitative estimate of drug-likeness (QED) is 0.339. The summed E-state index contributed by atoms with van der Waals surface area (Å²) in [6, 6.07) is 0.568. The van der Waals surface area contributed by atoms with Crippen molar-refractivity contribution in [2.75, 3.05) is 33.4 Å². The molecule has 7 nitrogen and oxygen atoms in total. The molecule has 1 unspecified atom stereocenters. The van der Waals surface area contributed by atoms with E-state index in [9.17, 15) is 4.79 Å². The molecule has 0 bridgehead atoms. The first-order valence-corrected chi connectivity index (χ1v) is 13.3. The molecule has 2 heterocycles. The minimum atomic E-state index is -0.153. The number of nitrogens with zero attached hydrogens (tertiary/aromatic N) is 3. The van der Waals surface area contributed by atoms with Crippen molar-refractivity contribution in [2.45, 2.75) is 76.9 Å². The van der Waals surface area contributed by atoms with Gasteiger partial charge in [0, 0.05) is 24.6 Å². The number of esters is 1. The lowest BCUT2D eigenvalue weighted by molar-refractivity contribution is -0.143. The molecule has 0 aliphatic heterocycles. The van der Waals surface area contributed by atoms with Crippen LogP contribution >= 0.6 is 22.9 Å². The second-order valence-electron chi connectivity index (χ2n) is 8.83. The second kappa shape index (κ2) is 11.3. The highest BCUT2D eigenvalue weighted by molar-refractivity contribution is 7.19. The fourth-order valence-corrected chi connectivity index (χ4v) is 6.76. The van der Waals surface area contributed by atoms with Gasteiger partial charge >= 0.3 is 5.97 Å². The van der Waals surface area contributed by atoms with Gasteiger partial charge in [-0.15, -0.1) is 11.3 Å². The highest BCUT2D eigenvalue weighted by Crippen LogP contribution is 2.48. The number of aromatic nitrogens is 2. The first kappa shape index (κ1) is 24.6. The zero-order valence-electron chi connectivity index (χ0n) is 19.8. The molecule has 0 aromatic carbocycles. The summed E-state index contributed by atoms with van der Waals surface area (Å²) in [7, 11) is 1.75. The first-order valence-electron chi connectivity index (χ1n) is 12.1. The number of carbonyl (C=O) groups is 1. The van der Waals surface area contributed by atoms with E-state index in [1.165, 1.54) is 10.4 Å². The molecule has 4 rings (SSSR count). The lowest BCUT2D eigenvalue weighted by Gasteiger charge is -2.36. The van der Waals surface area contributed by atoms with Gasteiger partial charge < -0.3 is 14.2 Å². The molecule has 1 atom stereocenters. The number of halogens is 1. The van der Waals surface area contributed by atoms with Crippen LogP contribution in [0.4, 0.5) is 0 Å². The lowest BCUT2D eigenvalue weighted by Crippen LogP contribution is -2.41. The Bertz CT molecular complexity index is 961. The maximum absolute atomic E-state index is 12.2. The van der Waals surface area contributed by atoms with Crippen LogP contribution in [0.3, 0.4) is 0 Å². The summed E-state index contributed by atoms with van der Waals surface area (Å²) in [5, 5.41) is 1.16. The van der Waals surface area contributed by atoms with Gasteiger partial charge in [0.2, 0.25) is 11.2 Å². The van der Waals surface area contributed by atoms with Crippen LogP contribution in [0, 0.1) is 0 Å². The third-order valence-corrected chi connectivity index (χ3v) is 8.21. The van der Waals surface area contributed by atoms with Crippen LogP contribution in [0.1, 0.15) is 68.7 Å². The molecule has 0 saturated heterocycles. The van der Waals surface area contributed by atoms with Crippen LogP contribution in [0.2, 0.25) is 5.28 Å². The molecule has 0 radical (unpaired) electrons. The van der Waals surface area contributed by atoms with Crippen LogP contribution in [0.25, 0.3) is 10.2 Å². The summed E-state index contributed by atoms with van der Waals surface area (Å²) in [5.41, 5.74) is 1.17. The number of aryl methyl sites for hydroxylation is 1. The van der Waals surface area contributed by atoms with E-state index in [0.717, 1.165) is 68.4 Å². The van der Waals surface area contributed by atoms with Gasteiger partial charge in [-0.25, -0.2) is 4.98 Å². The number of thiophene rings is 1. The summed E-state index contributed by atoms with van der Waals surface area (Å²) < 4.78 is 17.0. The average molecular weight is 496 g/mol. The molecule has 33 heavy (non-hydrogen) atoms. The zero-order chi connectivity index (χ0) is 23.4. The van der Waals surface area contributed by atoms with Gasteiger partial charge in [0.15, 0.2) is 0 Å². The van der Waals surface area contributed by atoms with Crippen molar-refractivity contribution in [3.05, 3.63) is 15.7 Å². The van der Waals surface area contributed by atoms with E-state index in [0.29, 0.717) is 24.9 Å². The van der Waals surface area contributed by atoms with Crippen LogP contribution in [0.5, 0.6) is 5.88 Å². The van der Waals surface area contributed by atoms with Gasteiger partial charge in [0.1, 0.15) is 10.9 Å². The van der Waals surface area contributed by atoms with Gasteiger partial charge in [-0.2, -0.15) is 4.98 Å². The first-order chi connectivity index (χ1) is 16.0. The zero-order valence-corrected chi connectivity index (χ0v) is 21.3. The number of hydrogen-bond donors (Lipinski definition) is 0. The Morgan fingerprint density at radius 2 is 1.97 bits per heavy atom. The molecule has 0 N–H and O–H groups in total. The normalized spacial score (nSPS) is 22.6. The Kier molecular flexibility index (Phi) is 8.43. The fraction of sp³-hybridized carbons (Fsp3) is 0.708. The molecular weight excluding hydrogens is 462 g/mol. The molecule has 2 aromatic heterocycles. The van der Waals surface area contributed by atoms with Crippen LogP contribution in [0.15, 0.2) is 0 Å². The maximum Gasteiger partial charge on any atom is 0.306 e. The van der Waals surface area contributed by atoms with Gasteiger partial charge in [0.25, 0.3) is 0 Å². The van der Waals surface area contributed by atoms with Crippen LogP contribution < -0.4 is 4.74 Å². The third kappa shape index (κ3) is 5.61. The van der Waals surface area contributed by atoms with E-state index in [4.69, 9.17) is 25.8 Å².